The molecule has 0 amide bonds. The summed E-state index contributed by atoms with van der Waals surface area (Å²) in [6, 6.07) is 14.5. The number of furan rings is 1. The van der Waals surface area contributed by atoms with Gasteiger partial charge in [-0.25, -0.2) is 0 Å². The molecule has 6 nitrogen and oxygen atoms in total. The third kappa shape index (κ3) is 4.17. The van der Waals surface area contributed by atoms with Gasteiger partial charge in [-0.3, -0.25) is 14.9 Å². The normalized spacial score (nSPS) is 16.4. The molecule has 2 aromatic heterocycles. The zero-order valence-electron chi connectivity index (χ0n) is 16.3. The maximum absolute atomic E-state index is 5.70. The van der Waals surface area contributed by atoms with Crippen LogP contribution in [0.25, 0.3) is 10.9 Å². The Morgan fingerprint density at radius 3 is 2.79 bits per heavy atom. The summed E-state index contributed by atoms with van der Waals surface area (Å²) in [5.74, 6) is 1.78. The molecule has 3 heterocycles. The lowest BCUT2D eigenvalue weighted by atomic mass is 10.1. The molecule has 4 rings (SSSR count). The van der Waals surface area contributed by atoms with Crippen molar-refractivity contribution >= 4 is 16.9 Å². The molecule has 0 radical (unpaired) electrons. The molecule has 1 saturated heterocycles. The van der Waals surface area contributed by atoms with Gasteiger partial charge in [-0.15, -0.1) is 0 Å². The lowest BCUT2D eigenvalue weighted by Gasteiger charge is -2.26. The first-order valence-corrected chi connectivity index (χ1v) is 9.90. The van der Waals surface area contributed by atoms with E-state index in [0.717, 1.165) is 47.8 Å². The number of hydrogen-bond donors (Lipinski definition) is 2. The summed E-state index contributed by atoms with van der Waals surface area (Å²) in [6.07, 6.45) is 6.08. The third-order valence-corrected chi connectivity index (χ3v) is 5.30. The summed E-state index contributed by atoms with van der Waals surface area (Å²) < 4.78 is 5.70. The van der Waals surface area contributed by atoms with Crippen molar-refractivity contribution in [2.24, 2.45) is 4.99 Å². The number of likely N-dealkylation sites (tertiary alicyclic amines) is 1. The fourth-order valence-corrected chi connectivity index (χ4v) is 3.85. The molecule has 28 heavy (non-hydrogen) atoms. The van der Waals surface area contributed by atoms with Gasteiger partial charge in [-0.2, -0.15) is 0 Å². The van der Waals surface area contributed by atoms with Gasteiger partial charge in [-0.05, 0) is 49.7 Å². The van der Waals surface area contributed by atoms with E-state index in [1.807, 2.05) is 18.3 Å². The van der Waals surface area contributed by atoms with Crippen molar-refractivity contribution in [2.75, 3.05) is 26.7 Å². The van der Waals surface area contributed by atoms with Crippen LogP contribution in [0.1, 0.15) is 30.2 Å². The van der Waals surface area contributed by atoms with E-state index >= 15 is 0 Å². The Morgan fingerprint density at radius 2 is 2.00 bits per heavy atom. The summed E-state index contributed by atoms with van der Waals surface area (Å²) in [4.78, 5) is 11.4. The van der Waals surface area contributed by atoms with E-state index in [9.17, 15) is 0 Å². The summed E-state index contributed by atoms with van der Waals surface area (Å²) in [5, 5.41) is 8.04. The molecule has 0 spiro atoms. The van der Waals surface area contributed by atoms with Gasteiger partial charge in [0.15, 0.2) is 5.96 Å². The van der Waals surface area contributed by atoms with E-state index in [1.54, 1.807) is 13.3 Å². The summed E-state index contributed by atoms with van der Waals surface area (Å²) in [7, 11) is 1.80. The molecule has 3 aromatic rings. The molecular formula is C22H27N5O. The van der Waals surface area contributed by atoms with Crippen molar-refractivity contribution in [3.05, 3.63) is 66.2 Å². The minimum atomic E-state index is 0.218. The highest BCUT2D eigenvalue weighted by molar-refractivity contribution is 5.83. The van der Waals surface area contributed by atoms with Crippen LogP contribution in [0, 0.1) is 0 Å². The minimum Gasteiger partial charge on any atom is -0.468 e. The second-order valence-corrected chi connectivity index (χ2v) is 7.07. The molecule has 6 heteroatoms. The Labute approximate surface area is 165 Å². The van der Waals surface area contributed by atoms with Crippen LogP contribution in [-0.4, -0.2) is 42.5 Å². The van der Waals surface area contributed by atoms with Crippen molar-refractivity contribution in [3.8, 4) is 0 Å². The van der Waals surface area contributed by atoms with Crippen molar-refractivity contribution in [1.82, 2.24) is 20.5 Å². The molecule has 1 aliphatic rings. The second kappa shape index (κ2) is 8.89. The zero-order valence-corrected chi connectivity index (χ0v) is 16.3. The molecule has 0 saturated carbocycles. The Balaban J connectivity index is 1.40. The molecular weight excluding hydrogens is 350 g/mol. The molecule has 2 N–H and O–H groups in total. The first kappa shape index (κ1) is 18.5. The van der Waals surface area contributed by atoms with E-state index in [2.05, 4.69) is 55.8 Å². The predicted molar refractivity (Wildman–Crippen MR) is 112 cm³/mol. The van der Waals surface area contributed by atoms with Gasteiger partial charge in [0, 0.05) is 31.7 Å². The van der Waals surface area contributed by atoms with Gasteiger partial charge in [0.25, 0.3) is 0 Å². The molecule has 1 aromatic carbocycles. The quantitative estimate of drug-likeness (QED) is 0.510. The predicted octanol–water partition coefficient (Wildman–Crippen LogP) is 3.33. The average Bonchev–Trinajstić information content (AvgIpc) is 3.45. The molecule has 0 bridgehead atoms. The maximum Gasteiger partial charge on any atom is 0.191 e. The number of benzene rings is 1. The number of para-hydroxylation sites is 1. The number of hydrogen-bond acceptors (Lipinski definition) is 4. The standard InChI is InChI=1S/C22H27N5O/c1-23-22(25-15-18-8-4-7-17-9-5-11-24-21(17)18)26-16-19(20-10-6-14-28-20)27-12-2-3-13-27/h4-11,14,19H,2-3,12-13,15-16H2,1H3,(H2,23,25,26). The molecule has 0 aliphatic carbocycles. The average molecular weight is 377 g/mol. The summed E-state index contributed by atoms with van der Waals surface area (Å²) in [6.45, 7) is 3.64. The second-order valence-electron chi connectivity index (χ2n) is 7.07. The van der Waals surface area contributed by atoms with Gasteiger partial charge in [0.1, 0.15) is 5.76 Å². The van der Waals surface area contributed by atoms with Gasteiger partial charge in [-0.1, -0.05) is 24.3 Å². The number of aromatic nitrogens is 1. The molecule has 1 aliphatic heterocycles. The number of aliphatic imine (C=N–C) groups is 1. The van der Waals surface area contributed by atoms with Gasteiger partial charge in [0.05, 0.1) is 17.8 Å². The van der Waals surface area contributed by atoms with Crippen molar-refractivity contribution in [3.63, 3.8) is 0 Å². The number of fused-ring (bicyclic) bond motifs is 1. The highest BCUT2D eigenvalue weighted by Gasteiger charge is 2.25. The molecule has 1 unspecified atom stereocenters. The SMILES string of the molecule is CN=C(NCc1cccc2cccnc12)NCC(c1ccco1)N1CCCC1. The largest absolute Gasteiger partial charge is 0.468 e. The van der Waals surface area contributed by atoms with E-state index in [4.69, 9.17) is 4.42 Å². The zero-order chi connectivity index (χ0) is 19.2. The third-order valence-electron chi connectivity index (χ3n) is 5.30. The van der Waals surface area contributed by atoms with Gasteiger partial charge in [0.2, 0.25) is 0 Å². The van der Waals surface area contributed by atoms with Crippen LogP contribution in [0.3, 0.4) is 0 Å². The van der Waals surface area contributed by atoms with Crippen LogP contribution in [0.4, 0.5) is 0 Å². The maximum atomic E-state index is 5.70. The smallest absolute Gasteiger partial charge is 0.191 e. The fraction of sp³-hybridized carbons (Fsp3) is 0.364. The molecule has 146 valence electrons. The lowest BCUT2D eigenvalue weighted by Crippen LogP contribution is -2.42. The minimum absolute atomic E-state index is 0.218. The van der Waals surface area contributed by atoms with E-state index in [-0.39, 0.29) is 6.04 Å². The monoisotopic (exact) mass is 377 g/mol. The van der Waals surface area contributed by atoms with Crippen molar-refractivity contribution < 1.29 is 4.42 Å². The Bertz CT molecular complexity index is 910. The van der Waals surface area contributed by atoms with Crippen LogP contribution in [-0.2, 0) is 6.54 Å². The van der Waals surface area contributed by atoms with Crippen LogP contribution in [0.2, 0.25) is 0 Å². The number of rotatable bonds is 6. The van der Waals surface area contributed by atoms with Crippen LogP contribution >= 0.6 is 0 Å². The summed E-state index contributed by atoms with van der Waals surface area (Å²) >= 11 is 0. The highest BCUT2D eigenvalue weighted by atomic mass is 16.3. The number of guanidine groups is 1. The Hall–Kier alpha value is -2.86. The molecule has 1 fully saturated rings. The molecule has 1 atom stereocenters. The fourth-order valence-electron chi connectivity index (χ4n) is 3.85. The first-order valence-electron chi connectivity index (χ1n) is 9.90. The number of nitrogens with zero attached hydrogens (tertiary/aromatic N) is 3. The van der Waals surface area contributed by atoms with Crippen LogP contribution < -0.4 is 10.6 Å². The number of pyridine rings is 1. The highest BCUT2D eigenvalue weighted by Crippen LogP contribution is 2.24. The van der Waals surface area contributed by atoms with Crippen LogP contribution in [0.5, 0.6) is 0 Å². The Morgan fingerprint density at radius 1 is 1.14 bits per heavy atom. The van der Waals surface area contributed by atoms with Gasteiger partial charge >= 0.3 is 0 Å². The van der Waals surface area contributed by atoms with E-state index in [0.29, 0.717) is 6.54 Å². The van der Waals surface area contributed by atoms with E-state index in [1.165, 1.54) is 12.8 Å². The van der Waals surface area contributed by atoms with E-state index < -0.39 is 0 Å². The van der Waals surface area contributed by atoms with Crippen molar-refractivity contribution in [2.45, 2.75) is 25.4 Å². The van der Waals surface area contributed by atoms with Crippen molar-refractivity contribution in [1.29, 1.82) is 0 Å². The van der Waals surface area contributed by atoms with Gasteiger partial charge < -0.3 is 15.1 Å². The van der Waals surface area contributed by atoms with Crippen LogP contribution in [0.15, 0.2) is 64.3 Å². The summed E-state index contributed by atoms with van der Waals surface area (Å²) in [5.41, 5.74) is 2.18. The number of nitrogens with one attached hydrogen (secondary N) is 2. The lowest BCUT2D eigenvalue weighted by molar-refractivity contribution is 0.215. The Kier molecular flexibility index (Phi) is 5.87. The first-order chi connectivity index (χ1) is 13.8. The topological polar surface area (TPSA) is 65.7 Å².